The first kappa shape index (κ1) is 14.0. The number of benzene rings is 1. The summed E-state index contributed by atoms with van der Waals surface area (Å²) in [6, 6.07) is 5.02. The summed E-state index contributed by atoms with van der Waals surface area (Å²) in [4.78, 5) is 2.27. The van der Waals surface area contributed by atoms with Gasteiger partial charge in [-0.25, -0.2) is 4.39 Å². The van der Waals surface area contributed by atoms with E-state index in [9.17, 15) is 4.39 Å². The second-order valence-electron chi connectivity index (χ2n) is 5.44. The first-order chi connectivity index (χ1) is 9.10. The maximum atomic E-state index is 13.5. The number of hydrogen-bond donors (Lipinski definition) is 1. The third-order valence-electron chi connectivity index (χ3n) is 3.61. The van der Waals surface area contributed by atoms with Gasteiger partial charge in [0, 0.05) is 13.1 Å². The zero-order valence-electron chi connectivity index (χ0n) is 11.5. The molecule has 2 atom stereocenters. The predicted octanol–water partition coefficient (Wildman–Crippen LogP) is 2.26. The zero-order valence-corrected chi connectivity index (χ0v) is 11.5. The minimum Gasteiger partial charge on any atom is -0.384 e. The normalized spacial score (nSPS) is 21.1. The molecule has 0 bridgehead atoms. The van der Waals surface area contributed by atoms with Crippen LogP contribution < -0.4 is 0 Å². The second-order valence-corrected chi connectivity index (χ2v) is 5.44. The number of rotatable bonds is 4. The standard InChI is InChI=1S/C16H20FNO/c1-12-8-15(12)11-18(2)10-13-5-6-16(17)14(9-13)4-3-7-19/h5-6,9,12,15,19H,7-8,10-11H2,1-2H3. The van der Waals surface area contributed by atoms with Gasteiger partial charge in [0.05, 0.1) is 5.56 Å². The van der Waals surface area contributed by atoms with E-state index in [0.29, 0.717) is 5.56 Å². The Hall–Kier alpha value is -1.37. The van der Waals surface area contributed by atoms with E-state index in [1.54, 1.807) is 12.1 Å². The molecule has 1 N–H and O–H groups in total. The number of aliphatic hydroxyl groups is 1. The highest BCUT2D eigenvalue weighted by molar-refractivity contribution is 5.38. The highest BCUT2D eigenvalue weighted by atomic mass is 19.1. The van der Waals surface area contributed by atoms with E-state index in [-0.39, 0.29) is 12.4 Å². The molecular formula is C16H20FNO. The van der Waals surface area contributed by atoms with Gasteiger partial charge in [0.2, 0.25) is 0 Å². The van der Waals surface area contributed by atoms with Crippen LogP contribution in [0.5, 0.6) is 0 Å². The lowest BCUT2D eigenvalue weighted by Gasteiger charge is -2.16. The molecule has 0 spiro atoms. The van der Waals surface area contributed by atoms with Crippen molar-refractivity contribution in [3.8, 4) is 11.8 Å². The average Bonchev–Trinajstić information content (AvgIpc) is 3.05. The number of halogens is 1. The SMILES string of the molecule is CC1CC1CN(C)Cc1ccc(F)c(C#CCO)c1. The fourth-order valence-corrected chi connectivity index (χ4v) is 2.33. The van der Waals surface area contributed by atoms with Gasteiger partial charge in [-0.2, -0.15) is 0 Å². The van der Waals surface area contributed by atoms with Crippen molar-refractivity contribution in [2.75, 3.05) is 20.2 Å². The summed E-state index contributed by atoms with van der Waals surface area (Å²) in [6.45, 7) is 3.93. The first-order valence-corrected chi connectivity index (χ1v) is 6.67. The first-order valence-electron chi connectivity index (χ1n) is 6.67. The third kappa shape index (κ3) is 4.05. The van der Waals surface area contributed by atoms with Crippen molar-refractivity contribution in [2.24, 2.45) is 11.8 Å². The molecular weight excluding hydrogens is 241 g/mol. The molecule has 1 aromatic carbocycles. The molecule has 2 rings (SSSR count). The topological polar surface area (TPSA) is 23.5 Å². The fraction of sp³-hybridized carbons (Fsp3) is 0.500. The third-order valence-corrected chi connectivity index (χ3v) is 3.61. The van der Waals surface area contributed by atoms with Crippen molar-refractivity contribution in [1.82, 2.24) is 4.90 Å². The molecule has 3 heteroatoms. The van der Waals surface area contributed by atoms with Crippen LogP contribution in [0.2, 0.25) is 0 Å². The van der Waals surface area contributed by atoms with Gasteiger partial charge in [-0.3, -0.25) is 0 Å². The average molecular weight is 261 g/mol. The van der Waals surface area contributed by atoms with Gasteiger partial charge in [0.1, 0.15) is 12.4 Å². The molecule has 19 heavy (non-hydrogen) atoms. The predicted molar refractivity (Wildman–Crippen MR) is 74.0 cm³/mol. The lowest BCUT2D eigenvalue weighted by molar-refractivity contribution is 0.307. The van der Waals surface area contributed by atoms with E-state index < -0.39 is 0 Å². The summed E-state index contributed by atoms with van der Waals surface area (Å²) >= 11 is 0. The highest BCUT2D eigenvalue weighted by Gasteiger charge is 2.32. The summed E-state index contributed by atoms with van der Waals surface area (Å²) in [5.41, 5.74) is 1.42. The van der Waals surface area contributed by atoms with Crippen molar-refractivity contribution in [3.63, 3.8) is 0 Å². The van der Waals surface area contributed by atoms with Gasteiger partial charge in [-0.1, -0.05) is 24.8 Å². The monoisotopic (exact) mass is 261 g/mol. The van der Waals surface area contributed by atoms with Crippen LogP contribution in [-0.2, 0) is 6.54 Å². The summed E-state index contributed by atoms with van der Waals surface area (Å²) in [5.74, 6) is 6.47. The number of aliphatic hydroxyl groups excluding tert-OH is 1. The van der Waals surface area contributed by atoms with Crippen LogP contribution in [0.4, 0.5) is 4.39 Å². The summed E-state index contributed by atoms with van der Waals surface area (Å²) in [5, 5.41) is 8.66. The molecule has 1 fully saturated rings. The molecule has 0 saturated heterocycles. The van der Waals surface area contributed by atoms with Crippen LogP contribution in [0.3, 0.4) is 0 Å². The van der Waals surface area contributed by atoms with Gasteiger partial charge < -0.3 is 10.0 Å². The van der Waals surface area contributed by atoms with Gasteiger partial charge in [-0.15, -0.1) is 0 Å². The second kappa shape index (κ2) is 6.18. The van der Waals surface area contributed by atoms with E-state index in [4.69, 9.17) is 5.11 Å². The van der Waals surface area contributed by atoms with E-state index in [1.807, 2.05) is 0 Å². The zero-order chi connectivity index (χ0) is 13.8. The van der Waals surface area contributed by atoms with Gasteiger partial charge in [0.25, 0.3) is 0 Å². The molecule has 1 saturated carbocycles. The Morgan fingerprint density at radius 2 is 2.21 bits per heavy atom. The maximum absolute atomic E-state index is 13.5. The van der Waals surface area contributed by atoms with Gasteiger partial charge in [0.15, 0.2) is 0 Å². The summed E-state index contributed by atoms with van der Waals surface area (Å²) in [6.07, 6.45) is 1.32. The van der Waals surface area contributed by atoms with Crippen molar-refractivity contribution in [2.45, 2.75) is 19.9 Å². The van der Waals surface area contributed by atoms with E-state index >= 15 is 0 Å². The maximum Gasteiger partial charge on any atom is 0.138 e. The summed E-state index contributed by atoms with van der Waals surface area (Å²) in [7, 11) is 2.09. The number of hydrogen-bond acceptors (Lipinski definition) is 2. The van der Waals surface area contributed by atoms with Gasteiger partial charge in [-0.05, 0) is 43.0 Å². The molecule has 1 aliphatic rings. The van der Waals surface area contributed by atoms with E-state index in [2.05, 4.69) is 30.7 Å². The van der Waals surface area contributed by atoms with E-state index in [0.717, 1.165) is 30.5 Å². The van der Waals surface area contributed by atoms with Crippen LogP contribution in [0.15, 0.2) is 18.2 Å². The molecule has 1 aromatic rings. The largest absolute Gasteiger partial charge is 0.384 e. The number of nitrogens with zero attached hydrogens (tertiary/aromatic N) is 1. The van der Waals surface area contributed by atoms with Crippen molar-refractivity contribution >= 4 is 0 Å². The van der Waals surface area contributed by atoms with Crippen molar-refractivity contribution in [3.05, 3.63) is 35.1 Å². The molecule has 2 nitrogen and oxygen atoms in total. The van der Waals surface area contributed by atoms with Crippen LogP contribution in [0.25, 0.3) is 0 Å². The fourth-order valence-electron chi connectivity index (χ4n) is 2.33. The highest BCUT2D eigenvalue weighted by Crippen LogP contribution is 2.38. The van der Waals surface area contributed by atoms with Crippen LogP contribution >= 0.6 is 0 Å². The Morgan fingerprint density at radius 1 is 1.47 bits per heavy atom. The van der Waals surface area contributed by atoms with Crippen LogP contribution in [0, 0.1) is 29.5 Å². The minimum atomic E-state index is -0.330. The lowest BCUT2D eigenvalue weighted by Crippen LogP contribution is -2.21. The lowest BCUT2D eigenvalue weighted by atomic mass is 10.1. The molecule has 1 aliphatic carbocycles. The Kier molecular flexibility index (Phi) is 4.57. The quantitative estimate of drug-likeness (QED) is 0.840. The molecule has 0 heterocycles. The molecule has 102 valence electrons. The Bertz CT molecular complexity index is 503. The van der Waals surface area contributed by atoms with Crippen molar-refractivity contribution < 1.29 is 9.50 Å². The van der Waals surface area contributed by atoms with Crippen LogP contribution in [-0.4, -0.2) is 30.2 Å². The minimum absolute atomic E-state index is 0.247. The molecule has 0 aromatic heterocycles. The van der Waals surface area contributed by atoms with Gasteiger partial charge >= 0.3 is 0 Å². The van der Waals surface area contributed by atoms with Crippen LogP contribution in [0.1, 0.15) is 24.5 Å². The Balaban J connectivity index is 1.99. The molecule has 0 aliphatic heterocycles. The smallest absolute Gasteiger partial charge is 0.138 e. The molecule has 2 unspecified atom stereocenters. The Labute approximate surface area is 114 Å². The molecule has 0 amide bonds. The summed E-state index contributed by atoms with van der Waals surface area (Å²) < 4.78 is 13.5. The molecule has 0 radical (unpaired) electrons. The van der Waals surface area contributed by atoms with E-state index in [1.165, 1.54) is 12.5 Å². The van der Waals surface area contributed by atoms with Crippen molar-refractivity contribution in [1.29, 1.82) is 0 Å². The Morgan fingerprint density at radius 3 is 2.84 bits per heavy atom.